The van der Waals surface area contributed by atoms with E-state index in [1.807, 2.05) is 88.4 Å². The molecule has 5 heteroatoms. The zero-order valence-electron chi connectivity index (χ0n) is 18.5. The summed E-state index contributed by atoms with van der Waals surface area (Å²) >= 11 is 0. The fourth-order valence-electron chi connectivity index (χ4n) is 3.66. The summed E-state index contributed by atoms with van der Waals surface area (Å²) < 4.78 is 0. The topological polar surface area (TPSA) is 70.2 Å². The highest BCUT2D eigenvalue weighted by atomic mass is 16.2. The molecule has 0 aliphatic rings. The van der Waals surface area contributed by atoms with Crippen LogP contribution in [0.2, 0.25) is 0 Å². The first-order valence-corrected chi connectivity index (χ1v) is 10.4. The third kappa shape index (κ3) is 6.03. The van der Waals surface area contributed by atoms with Crippen LogP contribution in [0.25, 0.3) is 0 Å². The highest BCUT2D eigenvalue weighted by Gasteiger charge is 2.21. The Morgan fingerprint density at radius 3 is 2.00 bits per heavy atom. The Bertz CT molecular complexity index is 1040. The molecule has 3 aromatic rings. The minimum atomic E-state index is -0.661. The second-order valence-electron chi connectivity index (χ2n) is 7.91. The van der Waals surface area contributed by atoms with Gasteiger partial charge in [0, 0.05) is 11.4 Å². The van der Waals surface area contributed by atoms with E-state index in [9.17, 15) is 9.59 Å². The summed E-state index contributed by atoms with van der Waals surface area (Å²) in [5.41, 5.74) is 6.50. The van der Waals surface area contributed by atoms with Gasteiger partial charge in [-0.2, -0.15) is 0 Å². The van der Waals surface area contributed by atoms with Crippen LogP contribution >= 0.6 is 0 Å². The van der Waals surface area contributed by atoms with E-state index >= 15 is 0 Å². The number of nitrogens with one attached hydrogen (secondary N) is 3. The molecular formula is C26H29N3O2. The Balaban J connectivity index is 1.73. The lowest BCUT2D eigenvalue weighted by Gasteiger charge is -2.20. The minimum Gasteiger partial charge on any atom is -0.324 e. The van der Waals surface area contributed by atoms with Crippen LogP contribution in [0.4, 0.5) is 11.4 Å². The van der Waals surface area contributed by atoms with Crippen LogP contribution in [0.5, 0.6) is 0 Å². The zero-order valence-corrected chi connectivity index (χ0v) is 18.5. The summed E-state index contributed by atoms with van der Waals surface area (Å²) in [4.78, 5) is 25.7. The summed E-state index contributed by atoms with van der Waals surface area (Å²) in [5.74, 6) is -0.409. The Morgan fingerprint density at radius 2 is 1.39 bits per heavy atom. The second-order valence-corrected chi connectivity index (χ2v) is 7.91. The number of para-hydroxylation sites is 1. The normalized spacial score (nSPS) is 11.6. The lowest BCUT2D eigenvalue weighted by molar-refractivity contribution is -0.119. The molecule has 1 unspecified atom stereocenters. The van der Waals surface area contributed by atoms with Gasteiger partial charge in [0.25, 0.3) is 0 Å². The molecule has 2 amide bonds. The SMILES string of the molecule is Cc1cc(C)cc(NC(=O)C(NCC(=O)Nc2c(C)cccc2C)c2ccccc2)c1. The van der Waals surface area contributed by atoms with E-state index in [1.54, 1.807) is 0 Å². The van der Waals surface area contributed by atoms with Gasteiger partial charge in [0.15, 0.2) is 0 Å². The van der Waals surface area contributed by atoms with Crippen molar-refractivity contribution in [2.45, 2.75) is 33.7 Å². The Kier molecular flexibility index (Phi) is 7.21. The third-order valence-corrected chi connectivity index (χ3v) is 5.10. The lowest BCUT2D eigenvalue weighted by atomic mass is 10.1. The van der Waals surface area contributed by atoms with E-state index in [-0.39, 0.29) is 18.4 Å². The number of hydrogen-bond acceptors (Lipinski definition) is 3. The average molecular weight is 416 g/mol. The maximum absolute atomic E-state index is 13.1. The first-order chi connectivity index (χ1) is 14.8. The summed E-state index contributed by atoms with van der Waals surface area (Å²) in [7, 11) is 0. The first-order valence-electron chi connectivity index (χ1n) is 10.4. The molecule has 3 rings (SSSR count). The summed E-state index contributed by atoms with van der Waals surface area (Å²) in [6, 6.07) is 20.5. The molecular weight excluding hydrogens is 386 g/mol. The van der Waals surface area contributed by atoms with Gasteiger partial charge in [-0.05, 0) is 67.6 Å². The molecule has 0 bridgehead atoms. The molecule has 0 saturated carbocycles. The average Bonchev–Trinajstić information content (AvgIpc) is 2.71. The van der Waals surface area contributed by atoms with Crippen molar-refractivity contribution in [3.63, 3.8) is 0 Å². The molecule has 1 atom stereocenters. The van der Waals surface area contributed by atoms with E-state index < -0.39 is 6.04 Å². The highest BCUT2D eigenvalue weighted by Crippen LogP contribution is 2.20. The number of aryl methyl sites for hydroxylation is 4. The molecule has 31 heavy (non-hydrogen) atoms. The van der Waals surface area contributed by atoms with Crippen LogP contribution in [0, 0.1) is 27.7 Å². The smallest absolute Gasteiger partial charge is 0.246 e. The largest absolute Gasteiger partial charge is 0.324 e. The van der Waals surface area contributed by atoms with Crippen LogP contribution < -0.4 is 16.0 Å². The number of benzene rings is 3. The quantitative estimate of drug-likeness (QED) is 0.518. The lowest BCUT2D eigenvalue weighted by Crippen LogP contribution is -2.38. The van der Waals surface area contributed by atoms with E-state index in [2.05, 4.69) is 22.0 Å². The molecule has 160 valence electrons. The van der Waals surface area contributed by atoms with Crippen molar-refractivity contribution in [2.24, 2.45) is 0 Å². The summed E-state index contributed by atoms with van der Waals surface area (Å²) in [6.45, 7) is 7.91. The van der Waals surface area contributed by atoms with Crippen LogP contribution in [0.15, 0.2) is 66.7 Å². The first kappa shape index (κ1) is 22.2. The van der Waals surface area contributed by atoms with Crippen molar-refractivity contribution in [2.75, 3.05) is 17.2 Å². The molecule has 0 radical (unpaired) electrons. The molecule has 0 spiro atoms. The maximum Gasteiger partial charge on any atom is 0.246 e. The Hall–Kier alpha value is -3.44. The van der Waals surface area contributed by atoms with Gasteiger partial charge in [-0.25, -0.2) is 0 Å². The predicted molar refractivity (Wildman–Crippen MR) is 126 cm³/mol. The van der Waals surface area contributed by atoms with Gasteiger partial charge in [-0.1, -0.05) is 54.6 Å². The zero-order chi connectivity index (χ0) is 22.4. The van der Waals surface area contributed by atoms with Crippen LogP contribution in [0.3, 0.4) is 0 Å². The number of rotatable bonds is 7. The molecule has 0 saturated heterocycles. The Morgan fingerprint density at radius 1 is 0.774 bits per heavy atom. The molecule has 0 heterocycles. The summed E-state index contributed by atoms with van der Waals surface area (Å²) in [5, 5.41) is 9.06. The molecule has 0 aliphatic heterocycles. The fraction of sp³-hybridized carbons (Fsp3) is 0.231. The van der Waals surface area contributed by atoms with Crippen molar-refractivity contribution in [1.82, 2.24) is 5.32 Å². The van der Waals surface area contributed by atoms with Gasteiger partial charge in [-0.3, -0.25) is 14.9 Å². The van der Waals surface area contributed by atoms with Crippen molar-refractivity contribution < 1.29 is 9.59 Å². The van der Waals surface area contributed by atoms with Crippen LogP contribution in [-0.2, 0) is 9.59 Å². The fourth-order valence-corrected chi connectivity index (χ4v) is 3.66. The van der Waals surface area contributed by atoms with E-state index in [4.69, 9.17) is 0 Å². The number of anilines is 2. The molecule has 5 nitrogen and oxygen atoms in total. The Labute approximate surface area is 183 Å². The second kappa shape index (κ2) is 10.0. The van der Waals surface area contributed by atoms with Gasteiger partial charge in [0.1, 0.15) is 6.04 Å². The maximum atomic E-state index is 13.1. The molecule has 0 aliphatic carbocycles. The number of amides is 2. The molecule has 0 fully saturated rings. The van der Waals surface area contributed by atoms with Gasteiger partial charge >= 0.3 is 0 Å². The van der Waals surface area contributed by atoms with Crippen molar-refractivity contribution in [3.05, 3.63) is 94.5 Å². The number of carbonyl (C=O) groups excluding carboxylic acids is 2. The van der Waals surface area contributed by atoms with Gasteiger partial charge < -0.3 is 10.6 Å². The van der Waals surface area contributed by atoms with E-state index in [0.29, 0.717) is 0 Å². The van der Waals surface area contributed by atoms with Crippen molar-refractivity contribution in [1.29, 1.82) is 0 Å². The van der Waals surface area contributed by atoms with Gasteiger partial charge in [-0.15, -0.1) is 0 Å². The van der Waals surface area contributed by atoms with E-state index in [1.165, 1.54) is 0 Å². The third-order valence-electron chi connectivity index (χ3n) is 5.10. The number of carbonyl (C=O) groups is 2. The van der Waals surface area contributed by atoms with Gasteiger partial charge in [0.05, 0.1) is 6.54 Å². The van der Waals surface area contributed by atoms with Gasteiger partial charge in [0.2, 0.25) is 11.8 Å². The predicted octanol–water partition coefficient (Wildman–Crippen LogP) is 4.83. The van der Waals surface area contributed by atoms with E-state index in [0.717, 1.165) is 39.2 Å². The monoisotopic (exact) mass is 415 g/mol. The standard InChI is InChI=1S/C26H29N3O2/c1-17-13-18(2)15-22(14-17)28-26(31)25(21-11-6-5-7-12-21)27-16-23(30)29-24-19(3)9-8-10-20(24)4/h5-15,25,27H,16H2,1-4H3,(H,28,31)(H,29,30). The summed E-state index contributed by atoms with van der Waals surface area (Å²) in [6.07, 6.45) is 0. The van der Waals surface area contributed by atoms with Crippen LogP contribution in [0.1, 0.15) is 33.9 Å². The van der Waals surface area contributed by atoms with Crippen molar-refractivity contribution in [3.8, 4) is 0 Å². The van der Waals surface area contributed by atoms with Crippen molar-refractivity contribution >= 4 is 23.2 Å². The van der Waals surface area contributed by atoms with Crippen LogP contribution in [-0.4, -0.2) is 18.4 Å². The highest BCUT2D eigenvalue weighted by molar-refractivity contribution is 5.97. The molecule has 3 aromatic carbocycles. The molecule has 3 N–H and O–H groups in total. The minimum absolute atomic E-state index is 0.00754. The molecule has 0 aromatic heterocycles. The number of hydrogen-bond donors (Lipinski definition) is 3.